The Bertz CT molecular complexity index is 486. The number of anilines is 1. The molecule has 1 aromatic rings. The van der Waals surface area contributed by atoms with Crippen molar-refractivity contribution in [3.63, 3.8) is 0 Å². The summed E-state index contributed by atoms with van der Waals surface area (Å²) >= 11 is 0. The van der Waals surface area contributed by atoms with E-state index in [9.17, 15) is 9.59 Å². The van der Waals surface area contributed by atoms with E-state index >= 15 is 0 Å². The second-order valence-electron chi connectivity index (χ2n) is 5.45. The van der Waals surface area contributed by atoms with Gasteiger partial charge in [0.05, 0.1) is 6.04 Å². The Labute approximate surface area is 126 Å². The summed E-state index contributed by atoms with van der Waals surface area (Å²) in [6.45, 7) is 5.86. The molecule has 0 aliphatic rings. The van der Waals surface area contributed by atoms with Crippen molar-refractivity contribution in [1.29, 1.82) is 0 Å². The predicted octanol–water partition coefficient (Wildman–Crippen LogP) is 2.28. The van der Waals surface area contributed by atoms with Gasteiger partial charge in [0.15, 0.2) is 0 Å². The summed E-state index contributed by atoms with van der Waals surface area (Å²) < 4.78 is 0. The van der Waals surface area contributed by atoms with Crippen molar-refractivity contribution in [3.05, 3.63) is 29.8 Å². The van der Waals surface area contributed by atoms with Crippen molar-refractivity contribution in [2.45, 2.75) is 52.1 Å². The molecule has 2 amide bonds. The second kappa shape index (κ2) is 8.42. The van der Waals surface area contributed by atoms with Gasteiger partial charge in [-0.2, -0.15) is 0 Å². The Kier molecular flexibility index (Phi) is 6.88. The van der Waals surface area contributed by atoms with Gasteiger partial charge in [0.25, 0.3) is 5.91 Å². The fourth-order valence-electron chi connectivity index (χ4n) is 1.87. The number of carbonyl (C=O) groups excluding carboxylic acids is 2. The number of amides is 2. The van der Waals surface area contributed by atoms with Gasteiger partial charge < -0.3 is 16.4 Å². The lowest BCUT2D eigenvalue weighted by molar-refractivity contribution is -0.117. The van der Waals surface area contributed by atoms with E-state index in [2.05, 4.69) is 17.6 Å². The van der Waals surface area contributed by atoms with Crippen LogP contribution in [-0.4, -0.2) is 23.9 Å². The van der Waals surface area contributed by atoms with Gasteiger partial charge in [-0.1, -0.05) is 25.8 Å². The highest BCUT2D eigenvalue weighted by Gasteiger charge is 2.14. The monoisotopic (exact) mass is 291 g/mol. The molecular formula is C16H25N3O2. The van der Waals surface area contributed by atoms with Gasteiger partial charge in [0, 0.05) is 17.3 Å². The zero-order chi connectivity index (χ0) is 15.8. The van der Waals surface area contributed by atoms with Crippen LogP contribution < -0.4 is 16.4 Å². The first-order chi connectivity index (χ1) is 9.93. The number of nitrogens with one attached hydrogen (secondary N) is 2. The zero-order valence-electron chi connectivity index (χ0n) is 13.0. The molecule has 0 fully saturated rings. The summed E-state index contributed by atoms with van der Waals surface area (Å²) in [5, 5.41) is 5.57. The molecule has 0 spiro atoms. The first kappa shape index (κ1) is 17.2. The van der Waals surface area contributed by atoms with Crippen molar-refractivity contribution in [3.8, 4) is 0 Å². The van der Waals surface area contributed by atoms with E-state index in [1.54, 1.807) is 24.3 Å². The van der Waals surface area contributed by atoms with Crippen molar-refractivity contribution >= 4 is 17.5 Å². The van der Waals surface area contributed by atoms with Crippen LogP contribution in [0.4, 0.5) is 5.69 Å². The van der Waals surface area contributed by atoms with Gasteiger partial charge in [-0.05, 0) is 38.5 Å². The third-order valence-electron chi connectivity index (χ3n) is 3.02. The molecule has 0 bridgehead atoms. The highest BCUT2D eigenvalue weighted by Crippen LogP contribution is 2.12. The highest BCUT2D eigenvalue weighted by atomic mass is 16.2. The number of nitrogens with two attached hydrogens (primary N) is 1. The molecule has 0 heterocycles. The molecular weight excluding hydrogens is 266 g/mol. The normalized spacial score (nSPS) is 12.0. The lowest BCUT2D eigenvalue weighted by Crippen LogP contribution is -2.35. The van der Waals surface area contributed by atoms with Crippen LogP contribution in [0.2, 0.25) is 0 Å². The van der Waals surface area contributed by atoms with Crippen LogP contribution in [0.3, 0.4) is 0 Å². The molecule has 0 saturated heterocycles. The van der Waals surface area contributed by atoms with Crippen LogP contribution in [0, 0.1) is 0 Å². The van der Waals surface area contributed by atoms with E-state index < -0.39 is 6.04 Å². The van der Waals surface area contributed by atoms with Crippen molar-refractivity contribution in [2.75, 3.05) is 5.32 Å². The average molecular weight is 291 g/mol. The standard InChI is InChI=1S/C16H25N3O2/c1-4-5-9-14(17)16(21)19-13-8-6-7-12(10-13)15(20)18-11(2)3/h6-8,10-11,14H,4-5,9,17H2,1-3H3,(H,18,20)(H,19,21)/t14-/m0/s1. The second-order valence-corrected chi connectivity index (χ2v) is 5.45. The molecule has 0 aromatic heterocycles. The fourth-order valence-corrected chi connectivity index (χ4v) is 1.87. The Hall–Kier alpha value is -1.88. The van der Waals surface area contributed by atoms with Gasteiger partial charge in [-0.25, -0.2) is 0 Å². The van der Waals surface area contributed by atoms with Crippen molar-refractivity contribution in [1.82, 2.24) is 5.32 Å². The van der Waals surface area contributed by atoms with Crippen LogP contribution >= 0.6 is 0 Å². The van der Waals surface area contributed by atoms with Gasteiger partial charge in [-0.3, -0.25) is 9.59 Å². The number of hydrogen-bond donors (Lipinski definition) is 3. The molecule has 1 rings (SSSR count). The van der Waals surface area contributed by atoms with Gasteiger partial charge in [0.1, 0.15) is 0 Å². The quantitative estimate of drug-likeness (QED) is 0.720. The molecule has 0 radical (unpaired) electrons. The number of hydrogen-bond acceptors (Lipinski definition) is 3. The maximum absolute atomic E-state index is 11.9. The molecule has 1 aromatic carbocycles. The van der Waals surface area contributed by atoms with Gasteiger partial charge in [0.2, 0.25) is 5.91 Å². The van der Waals surface area contributed by atoms with E-state index in [4.69, 9.17) is 5.73 Å². The molecule has 0 saturated carbocycles. The Morgan fingerprint density at radius 2 is 2.00 bits per heavy atom. The van der Waals surface area contributed by atoms with Crippen molar-refractivity contribution in [2.24, 2.45) is 5.73 Å². The highest BCUT2D eigenvalue weighted by molar-refractivity contribution is 5.98. The minimum absolute atomic E-state index is 0.0678. The van der Waals surface area contributed by atoms with Crippen LogP contribution in [0.25, 0.3) is 0 Å². The SMILES string of the molecule is CCCC[C@H](N)C(=O)Nc1cccc(C(=O)NC(C)C)c1. The number of unbranched alkanes of at least 4 members (excludes halogenated alkanes) is 1. The summed E-state index contributed by atoms with van der Waals surface area (Å²) in [5.74, 6) is -0.374. The molecule has 21 heavy (non-hydrogen) atoms. The van der Waals surface area contributed by atoms with Crippen molar-refractivity contribution < 1.29 is 9.59 Å². The molecule has 5 heteroatoms. The summed E-state index contributed by atoms with van der Waals surface area (Å²) in [6.07, 6.45) is 2.59. The fraction of sp³-hybridized carbons (Fsp3) is 0.500. The largest absolute Gasteiger partial charge is 0.350 e. The minimum Gasteiger partial charge on any atom is -0.350 e. The summed E-state index contributed by atoms with van der Waals surface area (Å²) in [6, 6.07) is 6.40. The van der Waals surface area contributed by atoms with Gasteiger partial charge in [-0.15, -0.1) is 0 Å². The van der Waals surface area contributed by atoms with Crippen LogP contribution in [0.15, 0.2) is 24.3 Å². The Balaban J connectivity index is 2.68. The maximum atomic E-state index is 11.9. The molecule has 0 unspecified atom stereocenters. The van der Waals surface area contributed by atoms with Crippen LogP contribution in [0.1, 0.15) is 50.4 Å². The lowest BCUT2D eigenvalue weighted by Gasteiger charge is -2.13. The topological polar surface area (TPSA) is 84.2 Å². The van der Waals surface area contributed by atoms with Crippen LogP contribution in [-0.2, 0) is 4.79 Å². The third kappa shape index (κ3) is 5.95. The van der Waals surface area contributed by atoms with Crippen LogP contribution in [0.5, 0.6) is 0 Å². The smallest absolute Gasteiger partial charge is 0.251 e. The summed E-state index contributed by atoms with van der Waals surface area (Å²) in [5.41, 5.74) is 6.93. The first-order valence-corrected chi connectivity index (χ1v) is 7.41. The molecule has 0 aliphatic carbocycles. The molecule has 5 nitrogen and oxygen atoms in total. The number of benzene rings is 1. The first-order valence-electron chi connectivity index (χ1n) is 7.41. The Morgan fingerprint density at radius 1 is 1.29 bits per heavy atom. The lowest BCUT2D eigenvalue weighted by atomic mass is 10.1. The third-order valence-corrected chi connectivity index (χ3v) is 3.02. The number of rotatable bonds is 7. The zero-order valence-corrected chi connectivity index (χ0v) is 13.0. The van der Waals surface area contributed by atoms with E-state index in [-0.39, 0.29) is 17.9 Å². The summed E-state index contributed by atoms with van der Waals surface area (Å²) in [7, 11) is 0. The molecule has 4 N–H and O–H groups in total. The molecule has 1 atom stereocenters. The maximum Gasteiger partial charge on any atom is 0.251 e. The van der Waals surface area contributed by atoms with E-state index in [0.29, 0.717) is 17.7 Å². The minimum atomic E-state index is -0.516. The van der Waals surface area contributed by atoms with E-state index in [1.807, 2.05) is 13.8 Å². The molecule has 0 aliphatic heterocycles. The van der Waals surface area contributed by atoms with E-state index in [0.717, 1.165) is 12.8 Å². The summed E-state index contributed by atoms with van der Waals surface area (Å²) in [4.78, 5) is 23.9. The predicted molar refractivity (Wildman–Crippen MR) is 85.2 cm³/mol. The number of carbonyl (C=O) groups is 2. The van der Waals surface area contributed by atoms with Gasteiger partial charge >= 0.3 is 0 Å². The Morgan fingerprint density at radius 3 is 2.62 bits per heavy atom. The van der Waals surface area contributed by atoms with E-state index in [1.165, 1.54) is 0 Å². The average Bonchev–Trinajstić information content (AvgIpc) is 2.44. The molecule has 116 valence electrons.